The van der Waals surface area contributed by atoms with Crippen molar-refractivity contribution < 1.29 is 14.3 Å². The minimum Gasteiger partial charge on any atom is -0.484 e. The van der Waals surface area contributed by atoms with Crippen LogP contribution in [-0.2, 0) is 17.8 Å². The number of nitrogens with one attached hydrogen (secondary N) is 2. The molecule has 1 aliphatic rings. The fraction of sp³-hybridized carbons (Fsp3) is 0.333. The van der Waals surface area contributed by atoms with Crippen molar-refractivity contribution in [3.63, 3.8) is 0 Å². The molecular formula is C30H35ClN4O3. The first kappa shape index (κ1) is 27.5. The average molecular weight is 535 g/mol. The van der Waals surface area contributed by atoms with E-state index in [9.17, 15) is 9.59 Å². The Bertz CT molecular complexity index is 1240. The zero-order valence-corrected chi connectivity index (χ0v) is 22.8. The summed E-state index contributed by atoms with van der Waals surface area (Å²) in [6, 6.07) is 20.8. The third-order valence-electron chi connectivity index (χ3n) is 6.79. The van der Waals surface area contributed by atoms with Crippen LogP contribution in [-0.4, -0.2) is 56.0 Å². The summed E-state index contributed by atoms with van der Waals surface area (Å²) in [5.41, 5.74) is 4.56. The Balaban J connectivity index is 1.49. The van der Waals surface area contributed by atoms with Gasteiger partial charge in [-0.2, -0.15) is 0 Å². The predicted octanol–water partition coefficient (Wildman–Crippen LogP) is 4.99. The summed E-state index contributed by atoms with van der Waals surface area (Å²) >= 11 is 5.90. The number of halogens is 1. The maximum absolute atomic E-state index is 13.4. The third-order valence-corrected chi connectivity index (χ3v) is 7.04. The molecule has 0 saturated carbocycles. The van der Waals surface area contributed by atoms with E-state index in [2.05, 4.69) is 52.5 Å². The van der Waals surface area contributed by atoms with Crippen molar-refractivity contribution in [2.24, 2.45) is 0 Å². The van der Waals surface area contributed by atoms with Gasteiger partial charge in [-0.1, -0.05) is 49.7 Å². The van der Waals surface area contributed by atoms with Gasteiger partial charge in [0.05, 0.1) is 5.56 Å². The topological polar surface area (TPSA) is 73.9 Å². The lowest BCUT2D eigenvalue weighted by atomic mass is 9.98. The van der Waals surface area contributed by atoms with Crippen molar-refractivity contribution in [3.8, 4) is 5.75 Å². The molecule has 2 N–H and O–H groups in total. The van der Waals surface area contributed by atoms with E-state index in [0.717, 1.165) is 44.8 Å². The SMILES string of the molecule is CCN(CC)CCNC(=O)c1cc(NC(=O)COc2ccc(Cl)cc2)ccc1N1CCc2ccccc2C1. The molecule has 1 aliphatic heterocycles. The van der Waals surface area contributed by atoms with Crippen LogP contribution < -0.4 is 20.3 Å². The van der Waals surface area contributed by atoms with Crippen molar-refractivity contribution >= 4 is 34.8 Å². The van der Waals surface area contributed by atoms with Crippen molar-refractivity contribution in [1.29, 1.82) is 0 Å². The van der Waals surface area contributed by atoms with Crippen LogP contribution in [0.2, 0.25) is 5.02 Å². The van der Waals surface area contributed by atoms with Crippen LogP contribution in [0, 0.1) is 0 Å². The number of carbonyl (C=O) groups excluding carboxylic acids is 2. The van der Waals surface area contributed by atoms with Gasteiger partial charge in [0.15, 0.2) is 6.61 Å². The zero-order valence-electron chi connectivity index (χ0n) is 22.0. The minimum absolute atomic E-state index is 0.153. The van der Waals surface area contributed by atoms with E-state index >= 15 is 0 Å². The summed E-state index contributed by atoms with van der Waals surface area (Å²) in [6.07, 6.45) is 0.916. The van der Waals surface area contributed by atoms with E-state index in [1.165, 1.54) is 11.1 Å². The lowest BCUT2D eigenvalue weighted by molar-refractivity contribution is -0.118. The number of nitrogens with zero attached hydrogens (tertiary/aromatic N) is 2. The third kappa shape index (κ3) is 7.27. The molecule has 3 aromatic carbocycles. The van der Waals surface area contributed by atoms with Gasteiger partial charge in [0.25, 0.3) is 11.8 Å². The molecule has 0 bridgehead atoms. The molecule has 0 spiro atoms. The smallest absolute Gasteiger partial charge is 0.262 e. The van der Waals surface area contributed by atoms with E-state index in [-0.39, 0.29) is 18.4 Å². The molecule has 38 heavy (non-hydrogen) atoms. The number of benzene rings is 3. The van der Waals surface area contributed by atoms with Crippen molar-refractivity contribution in [2.75, 3.05) is 49.5 Å². The van der Waals surface area contributed by atoms with Gasteiger partial charge in [-0.25, -0.2) is 0 Å². The monoisotopic (exact) mass is 534 g/mol. The van der Waals surface area contributed by atoms with Crippen LogP contribution in [0.5, 0.6) is 5.75 Å². The molecule has 4 rings (SSSR count). The molecule has 0 aromatic heterocycles. The molecule has 7 nitrogen and oxygen atoms in total. The lowest BCUT2D eigenvalue weighted by Gasteiger charge is -2.32. The van der Waals surface area contributed by atoms with Gasteiger partial charge >= 0.3 is 0 Å². The number of amides is 2. The molecule has 0 fully saturated rings. The molecule has 0 radical (unpaired) electrons. The standard InChI is InChI=1S/C30H35ClN4O3/c1-3-34(4-2)18-16-32-30(37)27-19-25(33-29(36)21-38-26-12-9-24(31)10-13-26)11-14-28(27)35-17-15-22-7-5-6-8-23(22)20-35/h5-14,19H,3-4,15-18,20-21H2,1-2H3,(H,32,37)(H,33,36). The van der Waals surface area contributed by atoms with Gasteiger partial charge in [0.1, 0.15) is 5.75 Å². The molecule has 8 heteroatoms. The Kier molecular flexibility index (Phi) is 9.62. The van der Waals surface area contributed by atoms with Gasteiger partial charge < -0.3 is 25.2 Å². The Morgan fingerprint density at radius 3 is 2.47 bits per heavy atom. The highest BCUT2D eigenvalue weighted by Crippen LogP contribution is 2.29. The number of anilines is 2. The molecule has 0 aliphatic carbocycles. The first-order chi connectivity index (χ1) is 18.5. The Hall–Kier alpha value is -3.55. The molecule has 3 aromatic rings. The molecule has 0 unspecified atom stereocenters. The molecule has 2 amide bonds. The first-order valence-corrected chi connectivity index (χ1v) is 13.5. The predicted molar refractivity (Wildman–Crippen MR) is 153 cm³/mol. The summed E-state index contributed by atoms with van der Waals surface area (Å²) in [5.74, 6) is 0.0885. The zero-order chi connectivity index (χ0) is 26.9. The van der Waals surface area contributed by atoms with Gasteiger partial charge in [-0.15, -0.1) is 0 Å². The summed E-state index contributed by atoms with van der Waals surface area (Å²) < 4.78 is 5.56. The van der Waals surface area contributed by atoms with Crippen LogP contribution in [0.15, 0.2) is 66.7 Å². The number of likely N-dealkylation sites (N-methyl/N-ethyl adjacent to an activating group) is 1. The second-order valence-corrected chi connectivity index (χ2v) is 9.68. The second-order valence-electron chi connectivity index (χ2n) is 9.25. The summed E-state index contributed by atoms with van der Waals surface area (Å²) in [7, 11) is 0. The number of hydrogen-bond donors (Lipinski definition) is 2. The molecule has 200 valence electrons. The fourth-order valence-corrected chi connectivity index (χ4v) is 4.74. The maximum Gasteiger partial charge on any atom is 0.262 e. The summed E-state index contributed by atoms with van der Waals surface area (Å²) in [5, 5.41) is 6.53. The fourth-order valence-electron chi connectivity index (χ4n) is 4.61. The molecule has 0 atom stereocenters. The molecule has 0 saturated heterocycles. The van der Waals surface area contributed by atoms with Gasteiger partial charge in [-0.3, -0.25) is 9.59 Å². The quantitative estimate of drug-likeness (QED) is 0.362. The first-order valence-electron chi connectivity index (χ1n) is 13.1. The normalized spacial score (nSPS) is 12.7. The van der Waals surface area contributed by atoms with Crippen LogP contribution in [0.4, 0.5) is 11.4 Å². The summed E-state index contributed by atoms with van der Waals surface area (Å²) in [4.78, 5) is 30.5. The number of rotatable bonds is 11. The Morgan fingerprint density at radius 2 is 1.74 bits per heavy atom. The van der Waals surface area contributed by atoms with E-state index in [1.54, 1.807) is 30.3 Å². The largest absolute Gasteiger partial charge is 0.484 e. The molecular weight excluding hydrogens is 500 g/mol. The van der Waals surface area contributed by atoms with Crippen LogP contribution >= 0.6 is 11.6 Å². The van der Waals surface area contributed by atoms with Crippen LogP contribution in [0.25, 0.3) is 0 Å². The van der Waals surface area contributed by atoms with E-state index in [1.807, 2.05) is 18.2 Å². The molecule has 1 heterocycles. The number of fused-ring (bicyclic) bond motifs is 1. The Labute approximate surface area is 229 Å². The van der Waals surface area contributed by atoms with Crippen molar-refractivity contribution in [3.05, 3.63) is 88.4 Å². The Morgan fingerprint density at radius 1 is 1.00 bits per heavy atom. The number of carbonyl (C=O) groups is 2. The highest BCUT2D eigenvalue weighted by atomic mass is 35.5. The minimum atomic E-state index is -0.313. The van der Waals surface area contributed by atoms with Gasteiger partial charge in [0, 0.05) is 42.6 Å². The highest BCUT2D eigenvalue weighted by molar-refractivity contribution is 6.30. The van der Waals surface area contributed by atoms with E-state index in [4.69, 9.17) is 16.3 Å². The van der Waals surface area contributed by atoms with Gasteiger partial charge in [-0.05, 0) is 73.1 Å². The van der Waals surface area contributed by atoms with Crippen LogP contribution in [0.3, 0.4) is 0 Å². The maximum atomic E-state index is 13.4. The lowest BCUT2D eigenvalue weighted by Crippen LogP contribution is -2.36. The second kappa shape index (κ2) is 13.3. The van der Waals surface area contributed by atoms with Crippen molar-refractivity contribution in [2.45, 2.75) is 26.8 Å². The number of hydrogen-bond acceptors (Lipinski definition) is 5. The highest BCUT2D eigenvalue weighted by Gasteiger charge is 2.22. The number of ether oxygens (including phenoxy) is 1. The van der Waals surface area contributed by atoms with Gasteiger partial charge in [0.2, 0.25) is 0 Å². The van der Waals surface area contributed by atoms with E-state index < -0.39 is 0 Å². The van der Waals surface area contributed by atoms with Crippen LogP contribution in [0.1, 0.15) is 35.3 Å². The van der Waals surface area contributed by atoms with E-state index in [0.29, 0.717) is 28.6 Å². The van der Waals surface area contributed by atoms with Crippen molar-refractivity contribution in [1.82, 2.24) is 10.2 Å². The average Bonchev–Trinajstić information content (AvgIpc) is 2.94. The summed E-state index contributed by atoms with van der Waals surface area (Å²) in [6.45, 7) is 8.82.